The quantitative estimate of drug-likeness (QED) is 0.221. The van der Waals surface area contributed by atoms with Crippen LogP contribution >= 0.6 is 23.1 Å². The number of ether oxygens (including phenoxy) is 2. The van der Waals surface area contributed by atoms with Crippen LogP contribution in [-0.2, 0) is 20.6 Å². The van der Waals surface area contributed by atoms with Gasteiger partial charge in [0.1, 0.15) is 11.5 Å². The highest BCUT2D eigenvalue weighted by Crippen LogP contribution is 2.68. The third-order valence-electron chi connectivity index (χ3n) is 10.1. The Hall–Kier alpha value is -4.56. The van der Waals surface area contributed by atoms with E-state index in [2.05, 4.69) is 10.3 Å². The van der Waals surface area contributed by atoms with Crippen molar-refractivity contribution >= 4 is 52.2 Å². The number of amides is 3. The summed E-state index contributed by atoms with van der Waals surface area (Å²) in [7, 11) is 1.56. The van der Waals surface area contributed by atoms with Crippen molar-refractivity contribution in [3.63, 3.8) is 0 Å². The van der Waals surface area contributed by atoms with Gasteiger partial charge in [-0.1, -0.05) is 29.5 Å². The smallest absolute Gasteiger partial charge is 0.416 e. The number of fused-ring (bicyclic) bond motifs is 9. The first-order chi connectivity index (χ1) is 23.5. The highest BCUT2D eigenvalue weighted by molar-refractivity contribution is 8.00. The van der Waals surface area contributed by atoms with Gasteiger partial charge in [-0.15, -0.1) is 11.8 Å². The summed E-state index contributed by atoms with van der Waals surface area (Å²) in [4.78, 5) is 57.4. The Morgan fingerprint density at radius 1 is 0.959 bits per heavy atom. The van der Waals surface area contributed by atoms with Gasteiger partial charge in [-0.05, 0) is 84.3 Å². The van der Waals surface area contributed by atoms with E-state index in [9.17, 15) is 32.3 Å². The van der Waals surface area contributed by atoms with Gasteiger partial charge in [0.25, 0.3) is 5.91 Å². The van der Waals surface area contributed by atoms with Crippen LogP contribution in [0.4, 0.5) is 24.5 Å². The fourth-order valence-corrected chi connectivity index (χ4v) is 11.1. The molecule has 0 radical (unpaired) electrons. The van der Waals surface area contributed by atoms with Crippen LogP contribution in [0.25, 0.3) is 0 Å². The van der Waals surface area contributed by atoms with Gasteiger partial charge in [0.15, 0.2) is 6.61 Å². The first-order valence-electron chi connectivity index (χ1n) is 15.6. The van der Waals surface area contributed by atoms with Crippen LogP contribution < -0.4 is 24.6 Å². The molecule has 2 saturated carbocycles. The fourth-order valence-electron chi connectivity index (χ4n) is 8.26. The molecule has 1 saturated heterocycles. The van der Waals surface area contributed by atoms with Crippen LogP contribution in [0.2, 0.25) is 0 Å². The van der Waals surface area contributed by atoms with Crippen LogP contribution in [0.15, 0.2) is 82.6 Å². The Balaban J connectivity index is 1.04. The molecule has 0 spiro atoms. The Kier molecular flexibility index (Phi) is 7.63. The molecule has 3 heterocycles. The summed E-state index contributed by atoms with van der Waals surface area (Å²) in [6, 6.07) is 18.6. The van der Waals surface area contributed by atoms with E-state index in [-0.39, 0.29) is 52.0 Å². The van der Waals surface area contributed by atoms with Crippen molar-refractivity contribution < 1.29 is 37.0 Å². The van der Waals surface area contributed by atoms with Crippen molar-refractivity contribution in [3.05, 3.63) is 98.5 Å². The number of halogens is 3. The van der Waals surface area contributed by atoms with Gasteiger partial charge < -0.3 is 19.8 Å². The summed E-state index contributed by atoms with van der Waals surface area (Å²) in [5, 5.41) is 3.43. The van der Waals surface area contributed by atoms with Crippen molar-refractivity contribution in [2.75, 3.05) is 23.9 Å². The maximum atomic E-state index is 13.9. The highest BCUT2D eigenvalue weighted by Gasteiger charge is 2.69. The number of carbonyl (C=O) groups is 3. The number of imide groups is 1. The molecule has 7 atom stereocenters. The Morgan fingerprint density at radius 2 is 1.65 bits per heavy atom. The number of thiazole rings is 1. The summed E-state index contributed by atoms with van der Waals surface area (Å²) < 4.78 is 51.4. The number of nitrogens with one attached hydrogen (secondary N) is 2. The van der Waals surface area contributed by atoms with E-state index in [0.717, 1.165) is 43.8 Å². The van der Waals surface area contributed by atoms with Gasteiger partial charge in [-0.2, -0.15) is 13.2 Å². The number of alkyl halides is 3. The molecule has 4 unspecified atom stereocenters. The van der Waals surface area contributed by atoms with Crippen molar-refractivity contribution in [1.29, 1.82) is 0 Å². The SMILES string of the molecule is COc1ccc(NC(=O)COc2ccc([C@H]3c4sc(=O)[nH]c4SC4C3[C@H]3C[C@@H]4C4C(=O)N(c5cccc(C(F)(F)F)c5)C(=O)C43)cc2)cc1. The molecule has 3 amide bonds. The number of carbonyl (C=O) groups excluding carboxylic acids is 3. The fraction of sp³-hybridized carbons (Fsp3) is 0.314. The minimum Gasteiger partial charge on any atom is -0.497 e. The second-order valence-corrected chi connectivity index (χ2v) is 14.9. The van der Waals surface area contributed by atoms with Crippen LogP contribution in [-0.4, -0.2) is 41.7 Å². The zero-order valence-corrected chi connectivity index (χ0v) is 27.4. The molecule has 4 aliphatic rings. The number of benzene rings is 3. The number of thioether (sulfide) groups is 1. The summed E-state index contributed by atoms with van der Waals surface area (Å²) >= 11 is 2.66. The number of rotatable bonds is 7. The lowest BCUT2D eigenvalue weighted by Crippen LogP contribution is -2.42. The second-order valence-electron chi connectivity index (χ2n) is 12.7. The van der Waals surface area contributed by atoms with Crippen molar-refractivity contribution in [2.24, 2.45) is 29.6 Å². The number of hydrogen-bond acceptors (Lipinski definition) is 8. The van der Waals surface area contributed by atoms with Gasteiger partial charge in [-0.3, -0.25) is 24.1 Å². The minimum absolute atomic E-state index is 0.0671. The Morgan fingerprint density at radius 3 is 2.35 bits per heavy atom. The summed E-state index contributed by atoms with van der Waals surface area (Å²) in [5.74, 6) is -2.12. The predicted octanol–water partition coefficient (Wildman–Crippen LogP) is 6.16. The highest BCUT2D eigenvalue weighted by atomic mass is 32.2. The van der Waals surface area contributed by atoms with E-state index >= 15 is 0 Å². The number of hydrogen-bond donors (Lipinski definition) is 2. The van der Waals surface area contributed by atoms with Crippen LogP contribution in [0.3, 0.4) is 0 Å². The molecule has 3 fully saturated rings. The minimum atomic E-state index is -4.62. The molecule has 14 heteroatoms. The van der Waals surface area contributed by atoms with Crippen molar-refractivity contribution in [3.8, 4) is 11.5 Å². The van der Waals surface area contributed by atoms with E-state index in [0.29, 0.717) is 23.6 Å². The van der Waals surface area contributed by atoms with Gasteiger partial charge in [0.05, 0.1) is 35.2 Å². The molecule has 2 aliphatic carbocycles. The van der Waals surface area contributed by atoms with Crippen LogP contribution in [0, 0.1) is 29.6 Å². The predicted molar refractivity (Wildman–Crippen MR) is 176 cm³/mol. The maximum Gasteiger partial charge on any atom is 0.416 e. The number of methoxy groups -OCH3 is 1. The first-order valence-corrected chi connectivity index (χ1v) is 17.3. The molecular formula is C35H28F3N3O6S2. The van der Waals surface area contributed by atoms with E-state index in [4.69, 9.17) is 9.47 Å². The zero-order valence-electron chi connectivity index (χ0n) is 25.7. The standard InChI is InChI=1S/C35H28F3N3O6S2/c1-46-20-11-7-18(8-12-20)39-24(42)15-47-21-9-5-16(6-10-21)25-26-22-14-23(29(26)48-31-30(25)49-34(45)40-31)28-27(22)32(43)41(33(28)44)19-4-2-3-17(13-19)35(36,37)38/h2-13,22-23,25-29H,14-15H2,1H3,(H,39,42)(H,40,45)/t22-,23-,25-,26?,27?,28?,29?/m1/s1. The molecule has 8 rings (SSSR count). The summed E-state index contributed by atoms with van der Waals surface area (Å²) in [5.41, 5.74) is 0.512. The average Bonchev–Trinajstić information content (AvgIpc) is 3.82. The van der Waals surface area contributed by atoms with Crippen LogP contribution in [0.1, 0.15) is 28.3 Å². The Labute approximate surface area is 285 Å². The average molecular weight is 708 g/mol. The van der Waals surface area contributed by atoms with Gasteiger partial charge >= 0.3 is 11.0 Å². The van der Waals surface area contributed by atoms with Gasteiger partial charge in [-0.25, -0.2) is 0 Å². The lowest BCUT2D eigenvalue weighted by Gasteiger charge is -2.43. The number of aromatic amines is 1. The lowest BCUT2D eigenvalue weighted by atomic mass is 9.68. The summed E-state index contributed by atoms with van der Waals surface area (Å²) in [6.45, 7) is -0.217. The van der Waals surface area contributed by atoms with E-state index in [1.54, 1.807) is 43.5 Å². The first kappa shape index (κ1) is 31.7. The van der Waals surface area contributed by atoms with Crippen molar-refractivity contribution in [2.45, 2.75) is 28.8 Å². The zero-order chi connectivity index (χ0) is 34.2. The van der Waals surface area contributed by atoms with Crippen molar-refractivity contribution in [1.82, 2.24) is 4.98 Å². The molecule has 2 bridgehead atoms. The molecule has 9 nitrogen and oxygen atoms in total. The molecule has 4 aromatic rings. The topological polar surface area (TPSA) is 118 Å². The number of aromatic nitrogens is 1. The molecule has 49 heavy (non-hydrogen) atoms. The third-order valence-corrected chi connectivity index (χ3v) is 12.7. The molecular weight excluding hydrogens is 680 g/mol. The normalized spacial score (nSPS) is 26.7. The Bertz CT molecular complexity index is 2030. The summed E-state index contributed by atoms with van der Waals surface area (Å²) in [6.07, 6.45) is -3.97. The van der Waals surface area contributed by atoms with Gasteiger partial charge in [0.2, 0.25) is 11.8 Å². The number of H-pyrrole nitrogens is 1. The maximum absolute atomic E-state index is 13.9. The number of nitrogens with zero attached hydrogens (tertiary/aromatic N) is 1. The largest absolute Gasteiger partial charge is 0.497 e. The molecule has 1 aromatic heterocycles. The molecule has 3 aromatic carbocycles. The van der Waals surface area contributed by atoms with Gasteiger partial charge in [0, 0.05) is 21.7 Å². The molecule has 252 valence electrons. The van der Waals surface area contributed by atoms with E-state index < -0.39 is 35.4 Å². The second kappa shape index (κ2) is 11.8. The third kappa shape index (κ3) is 5.32. The molecule has 2 N–H and O–H groups in total. The van der Waals surface area contributed by atoms with E-state index in [1.165, 1.54) is 23.9 Å². The monoisotopic (exact) mass is 707 g/mol. The molecule has 2 aliphatic heterocycles. The lowest BCUT2D eigenvalue weighted by molar-refractivity contribution is -0.137. The number of anilines is 2. The van der Waals surface area contributed by atoms with Crippen LogP contribution in [0.5, 0.6) is 11.5 Å². The van der Waals surface area contributed by atoms with E-state index in [1.807, 2.05) is 12.1 Å².